The lowest BCUT2D eigenvalue weighted by Crippen LogP contribution is -2.33. The molecule has 2 aliphatic rings. The highest BCUT2D eigenvalue weighted by molar-refractivity contribution is 6.32. The fourth-order valence-electron chi connectivity index (χ4n) is 5.98. The van der Waals surface area contributed by atoms with E-state index in [1.807, 2.05) is 49.4 Å². The van der Waals surface area contributed by atoms with Gasteiger partial charge in [-0.2, -0.15) is 0 Å². The first-order valence-corrected chi connectivity index (χ1v) is 14.4. The number of allylic oxidation sites excluding steroid dienone is 1. The highest BCUT2D eigenvalue weighted by atomic mass is 35.5. The Bertz CT molecular complexity index is 1660. The van der Waals surface area contributed by atoms with Crippen molar-refractivity contribution in [1.82, 2.24) is 0 Å². The second-order valence-electron chi connectivity index (χ2n) is 11.3. The first-order valence-electron chi connectivity index (χ1n) is 13.6. The van der Waals surface area contributed by atoms with E-state index in [-0.39, 0.29) is 17.2 Å². The summed E-state index contributed by atoms with van der Waals surface area (Å²) in [6.45, 7) is 7.05. The summed E-state index contributed by atoms with van der Waals surface area (Å²) < 4.78 is 12.2. The Morgan fingerprint density at radius 3 is 2.50 bits per heavy atom. The van der Waals surface area contributed by atoms with Crippen molar-refractivity contribution in [2.45, 2.75) is 46.3 Å². The van der Waals surface area contributed by atoms with Crippen LogP contribution in [0.5, 0.6) is 11.5 Å². The summed E-state index contributed by atoms with van der Waals surface area (Å²) in [4.78, 5) is 13.8. The average molecular weight is 573 g/mol. The fraction of sp³-hybridized carbons (Fsp3) is 0.265. The Hall–Kier alpha value is -3.47. The summed E-state index contributed by atoms with van der Waals surface area (Å²) in [6.07, 6.45) is 1.32. The summed E-state index contributed by atoms with van der Waals surface area (Å²) >= 11 is 12.9. The number of ketones is 1. The van der Waals surface area contributed by atoms with Crippen LogP contribution in [-0.2, 0) is 11.4 Å². The zero-order valence-electron chi connectivity index (χ0n) is 22.8. The van der Waals surface area contributed by atoms with Crippen LogP contribution in [0.25, 0.3) is 16.3 Å². The average Bonchev–Trinajstić information content (AvgIpc) is 2.92. The van der Waals surface area contributed by atoms with E-state index in [0.29, 0.717) is 41.2 Å². The number of fused-ring (bicyclic) bond motifs is 4. The van der Waals surface area contributed by atoms with Crippen molar-refractivity contribution in [3.8, 4) is 11.5 Å². The number of halogens is 2. The van der Waals surface area contributed by atoms with Gasteiger partial charge >= 0.3 is 0 Å². The molecule has 6 rings (SSSR count). The zero-order valence-corrected chi connectivity index (χ0v) is 24.3. The van der Waals surface area contributed by atoms with Crippen molar-refractivity contribution in [3.05, 3.63) is 105 Å². The van der Waals surface area contributed by atoms with E-state index in [9.17, 15) is 4.79 Å². The third-order valence-electron chi connectivity index (χ3n) is 7.70. The number of carbonyl (C=O) groups is 1. The van der Waals surface area contributed by atoms with Gasteiger partial charge in [0, 0.05) is 28.3 Å². The van der Waals surface area contributed by atoms with Gasteiger partial charge < -0.3 is 14.8 Å². The lowest BCUT2D eigenvalue weighted by molar-refractivity contribution is -0.118. The largest absolute Gasteiger partial charge is 0.490 e. The minimum Gasteiger partial charge on any atom is -0.490 e. The van der Waals surface area contributed by atoms with Gasteiger partial charge in [0.2, 0.25) is 0 Å². The molecule has 1 atom stereocenters. The molecule has 0 spiro atoms. The quantitative estimate of drug-likeness (QED) is 0.250. The molecule has 0 saturated carbocycles. The second kappa shape index (κ2) is 10.5. The van der Waals surface area contributed by atoms with Crippen molar-refractivity contribution in [3.63, 3.8) is 0 Å². The SMILES string of the molecule is CCOc1cc([C@@H]2Nc3ccc4ccccc4c3C3=C2C(=O)CC(C)(C)C3)cc(Cl)c1OCc1ccc(Cl)cc1. The normalized spacial score (nSPS) is 17.7. The minimum absolute atomic E-state index is 0.125. The molecule has 4 aromatic rings. The molecule has 0 bridgehead atoms. The second-order valence-corrected chi connectivity index (χ2v) is 12.1. The Morgan fingerprint density at radius 2 is 1.73 bits per heavy atom. The van der Waals surface area contributed by atoms with E-state index in [1.165, 1.54) is 0 Å². The van der Waals surface area contributed by atoms with E-state index in [2.05, 4.69) is 49.5 Å². The Balaban J connectivity index is 1.45. The van der Waals surface area contributed by atoms with Gasteiger partial charge in [0.1, 0.15) is 6.61 Å². The number of anilines is 1. The predicted octanol–water partition coefficient (Wildman–Crippen LogP) is 9.43. The van der Waals surface area contributed by atoms with E-state index < -0.39 is 0 Å². The number of nitrogens with one attached hydrogen (secondary N) is 1. The minimum atomic E-state index is -0.353. The van der Waals surface area contributed by atoms with Crippen molar-refractivity contribution < 1.29 is 14.3 Å². The van der Waals surface area contributed by atoms with Crippen molar-refractivity contribution in [2.75, 3.05) is 11.9 Å². The maximum Gasteiger partial charge on any atom is 0.180 e. The smallest absolute Gasteiger partial charge is 0.180 e. The molecule has 1 heterocycles. The van der Waals surface area contributed by atoms with Gasteiger partial charge in [-0.25, -0.2) is 0 Å². The van der Waals surface area contributed by atoms with Crippen molar-refractivity contribution >= 4 is 51.0 Å². The first kappa shape index (κ1) is 26.7. The lowest BCUT2D eigenvalue weighted by Gasteiger charge is -2.40. The first-order chi connectivity index (χ1) is 19.2. The van der Waals surface area contributed by atoms with Crippen LogP contribution in [-0.4, -0.2) is 12.4 Å². The summed E-state index contributed by atoms with van der Waals surface area (Å²) in [6, 6.07) is 23.6. The standard InChI is InChI=1S/C34H31Cl2NO3/c1-4-39-29-16-22(15-26(36)33(29)40-19-20-9-12-23(35)13-10-20)32-31-25(17-34(2,3)18-28(31)38)30-24-8-6-5-7-21(24)11-14-27(30)37-32/h5-16,32,37H,4,17-19H2,1-3H3/t32-/m0/s1. The highest BCUT2D eigenvalue weighted by Crippen LogP contribution is 2.53. The van der Waals surface area contributed by atoms with Gasteiger partial charge in [-0.15, -0.1) is 0 Å². The van der Waals surface area contributed by atoms with E-state index in [0.717, 1.165) is 50.7 Å². The molecule has 0 unspecified atom stereocenters. The predicted molar refractivity (Wildman–Crippen MR) is 164 cm³/mol. The third-order valence-corrected chi connectivity index (χ3v) is 8.23. The van der Waals surface area contributed by atoms with Crippen molar-refractivity contribution in [1.29, 1.82) is 0 Å². The van der Waals surface area contributed by atoms with Gasteiger partial charge in [-0.1, -0.05) is 79.5 Å². The number of Topliss-reactive ketones (excluding diaryl/α,β-unsaturated/α-hetero) is 1. The molecule has 204 valence electrons. The monoisotopic (exact) mass is 571 g/mol. The molecule has 0 aromatic heterocycles. The Morgan fingerprint density at radius 1 is 0.950 bits per heavy atom. The number of hydrogen-bond acceptors (Lipinski definition) is 4. The zero-order chi connectivity index (χ0) is 28.0. The van der Waals surface area contributed by atoms with Crippen LogP contribution in [0.1, 0.15) is 56.3 Å². The topological polar surface area (TPSA) is 47.6 Å². The molecular weight excluding hydrogens is 541 g/mol. The molecule has 40 heavy (non-hydrogen) atoms. The molecule has 0 fully saturated rings. The molecule has 6 heteroatoms. The van der Waals surface area contributed by atoms with Crippen LogP contribution in [0.2, 0.25) is 10.0 Å². The molecule has 0 amide bonds. The molecule has 1 aliphatic carbocycles. The van der Waals surface area contributed by atoms with Gasteiger partial charge in [-0.3, -0.25) is 4.79 Å². The molecule has 1 N–H and O–H groups in total. The summed E-state index contributed by atoms with van der Waals surface area (Å²) in [5.74, 6) is 1.20. The summed E-state index contributed by atoms with van der Waals surface area (Å²) in [7, 11) is 0. The lowest BCUT2D eigenvalue weighted by atomic mass is 9.68. The number of ether oxygens (including phenoxy) is 2. The Labute approximate surface area is 244 Å². The fourth-order valence-corrected chi connectivity index (χ4v) is 6.38. The van der Waals surface area contributed by atoms with Crippen molar-refractivity contribution in [2.24, 2.45) is 5.41 Å². The maximum atomic E-state index is 13.8. The van der Waals surface area contributed by atoms with Crippen LogP contribution in [0.4, 0.5) is 5.69 Å². The van der Waals surface area contributed by atoms with Gasteiger partial charge in [0.05, 0.1) is 17.7 Å². The maximum absolute atomic E-state index is 13.8. The molecule has 4 aromatic carbocycles. The van der Waals surface area contributed by atoms with Crippen LogP contribution in [0, 0.1) is 5.41 Å². The number of carbonyl (C=O) groups excluding carboxylic acids is 1. The number of rotatable bonds is 6. The van der Waals surface area contributed by atoms with Gasteiger partial charge in [0.25, 0.3) is 0 Å². The van der Waals surface area contributed by atoms with Crippen LogP contribution in [0.15, 0.2) is 78.4 Å². The van der Waals surface area contributed by atoms with E-state index in [4.69, 9.17) is 32.7 Å². The van der Waals surface area contributed by atoms with E-state index in [1.54, 1.807) is 0 Å². The molecule has 0 saturated heterocycles. The molecule has 4 nitrogen and oxygen atoms in total. The van der Waals surface area contributed by atoms with Gasteiger partial charge in [0.15, 0.2) is 17.3 Å². The molecule has 1 aliphatic heterocycles. The summed E-state index contributed by atoms with van der Waals surface area (Å²) in [5.41, 5.74) is 5.79. The highest BCUT2D eigenvalue weighted by Gasteiger charge is 2.41. The van der Waals surface area contributed by atoms with Gasteiger partial charge in [-0.05, 0) is 76.6 Å². The van der Waals surface area contributed by atoms with Crippen LogP contribution in [0.3, 0.4) is 0 Å². The summed E-state index contributed by atoms with van der Waals surface area (Å²) in [5, 5.41) is 7.12. The number of benzene rings is 4. The Kier molecular flexibility index (Phi) is 7.02. The third kappa shape index (κ3) is 4.95. The van der Waals surface area contributed by atoms with E-state index >= 15 is 0 Å². The molecular formula is C34H31Cl2NO3. The van der Waals surface area contributed by atoms with Crippen LogP contribution >= 0.6 is 23.2 Å². The van der Waals surface area contributed by atoms with Crippen LogP contribution < -0.4 is 14.8 Å². The molecule has 0 radical (unpaired) electrons. The number of hydrogen-bond donors (Lipinski definition) is 1.